The van der Waals surface area contributed by atoms with Crippen LogP contribution in [0.5, 0.6) is 0 Å². The van der Waals surface area contributed by atoms with Gasteiger partial charge in [-0.3, -0.25) is 4.98 Å². The van der Waals surface area contributed by atoms with Crippen LogP contribution >= 0.6 is 12.4 Å². The smallest absolute Gasteiger partial charge is 0.0481 e. The van der Waals surface area contributed by atoms with Gasteiger partial charge in [0.25, 0.3) is 0 Å². The number of hydrogen-bond acceptors (Lipinski definition) is 1. The van der Waals surface area contributed by atoms with E-state index in [1.54, 1.807) is 0 Å². The molecule has 0 aliphatic carbocycles. The van der Waals surface area contributed by atoms with Gasteiger partial charge in [0.2, 0.25) is 0 Å². The van der Waals surface area contributed by atoms with Crippen LogP contribution in [0.2, 0.25) is 0 Å². The minimum Gasteiger partial charge on any atom is -0.261 e. The summed E-state index contributed by atoms with van der Waals surface area (Å²) < 4.78 is 0. The molecule has 0 amide bonds. The molecule has 0 bridgehead atoms. The molecule has 0 saturated heterocycles. The maximum Gasteiger partial charge on any atom is 0.0481 e. The number of pyridine rings is 1. The molecule has 2 aromatic rings. The summed E-state index contributed by atoms with van der Waals surface area (Å²) in [6.45, 7) is 2.28. The van der Waals surface area contributed by atoms with Crippen LogP contribution in [-0.4, -0.2) is 4.98 Å². The van der Waals surface area contributed by atoms with Crippen molar-refractivity contribution in [3.8, 4) is 0 Å². The van der Waals surface area contributed by atoms with Crippen molar-refractivity contribution in [3.05, 3.63) is 42.2 Å². The summed E-state index contributed by atoms with van der Waals surface area (Å²) in [7, 11) is 0. The van der Waals surface area contributed by atoms with Crippen LogP contribution in [0, 0.1) is 0 Å². The highest BCUT2D eigenvalue weighted by molar-refractivity contribution is 5.85. The molecular formula is C21H32ClN. The van der Waals surface area contributed by atoms with E-state index >= 15 is 0 Å². The van der Waals surface area contributed by atoms with E-state index < -0.39 is 0 Å². The summed E-state index contributed by atoms with van der Waals surface area (Å²) in [6.07, 6.45) is 17.0. The third-order valence-electron chi connectivity index (χ3n) is 4.52. The Balaban J connectivity index is 0.00000264. The van der Waals surface area contributed by atoms with E-state index in [9.17, 15) is 0 Å². The van der Waals surface area contributed by atoms with Gasteiger partial charge in [-0.2, -0.15) is 0 Å². The van der Waals surface area contributed by atoms with Gasteiger partial charge in [0, 0.05) is 17.3 Å². The van der Waals surface area contributed by atoms with Gasteiger partial charge in [-0.15, -0.1) is 12.4 Å². The molecule has 2 heteroatoms. The lowest BCUT2D eigenvalue weighted by atomic mass is 10.0. The average Bonchev–Trinajstić information content (AvgIpc) is 2.56. The Labute approximate surface area is 148 Å². The van der Waals surface area contributed by atoms with Gasteiger partial charge in [0.05, 0.1) is 0 Å². The third-order valence-corrected chi connectivity index (χ3v) is 4.52. The zero-order chi connectivity index (χ0) is 15.5. The monoisotopic (exact) mass is 333 g/mol. The molecule has 0 radical (unpaired) electrons. The SMILES string of the molecule is CCCCCCCCCCCCc1nccc2ccccc12.Cl. The molecule has 128 valence electrons. The van der Waals surface area contributed by atoms with Gasteiger partial charge in [-0.25, -0.2) is 0 Å². The molecule has 0 N–H and O–H groups in total. The first-order valence-corrected chi connectivity index (χ1v) is 9.24. The Morgan fingerprint density at radius 3 is 2.04 bits per heavy atom. The van der Waals surface area contributed by atoms with E-state index in [0.717, 1.165) is 6.42 Å². The van der Waals surface area contributed by atoms with Gasteiger partial charge in [-0.05, 0) is 24.3 Å². The van der Waals surface area contributed by atoms with Crippen LogP contribution in [0.25, 0.3) is 10.8 Å². The van der Waals surface area contributed by atoms with Crippen molar-refractivity contribution >= 4 is 23.2 Å². The van der Waals surface area contributed by atoms with E-state index in [-0.39, 0.29) is 12.4 Å². The third kappa shape index (κ3) is 7.35. The number of unbranched alkanes of at least 4 members (excludes halogenated alkanes) is 9. The van der Waals surface area contributed by atoms with Crippen molar-refractivity contribution in [2.24, 2.45) is 0 Å². The van der Waals surface area contributed by atoms with Gasteiger partial charge in [0.1, 0.15) is 0 Å². The van der Waals surface area contributed by atoms with Crippen molar-refractivity contribution in [1.29, 1.82) is 0 Å². The standard InChI is InChI=1S/C21H31N.ClH/c1-2-3-4-5-6-7-8-9-10-11-16-21-20-15-13-12-14-19(20)17-18-22-21;/h12-15,17-18H,2-11,16H2,1H3;1H. The fourth-order valence-electron chi connectivity index (χ4n) is 3.16. The summed E-state index contributed by atoms with van der Waals surface area (Å²) in [5, 5.41) is 2.65. The molecule has 2 rings (SSSR count). The first-order valence-electron chi connectivity index (χ1n) is 9.24. The van der Waals surface area contributed by atoms with Crippen LogP contribution in [0.1, 0.15) is 76.8 Å². The number of halogens is 1. The second-order valence-electron chi connectivity index (χ2n) is 6.41. The molecule has 0 fully saturated rings. The number of hydrogen-bond donors (Lipinski definition) is 0. The summed E-state index contributed by atoms with van der Waals surface area (Å²) >= 11 is 0. The largest absolute Gasteiger partial charge is 0.261 e. The lowest BCUT2D eigenvalue weighted by molar-refractivity contribution is 0.556. The summed E-state index contributed by atoms with van der Waals surface area (Å²) in [6, 6.07) is 10.7. The summed E-state index contributed by atoms with van der Waals surface area (Å²) in [5.74, 6) is 0. The molecule has 0 spiro atoms. The molecule has 0 aliphatic heterocycles. The van der Waals surface area contributed by atoms with E-state index in [4.69, 9.17) is 0 Å². The Morgan fingerprint density at radius 2 is 1.35 bits per heavy atom. The number of benzene rings is 1. The number of rotatable bonds is 11. The van der Waals surface area contributed by atoms with E-state index in [0.29, 0.717) is 0 Å². The molecule has 0 atom stereocenters. The highest BCUT2D eigenvalue weighted by Gasteiger charge is 2.01. The first kappa shape index (κ1) is 20.0. The first-order chi connectivity index (χ1) is 10.9. The van der Waals surface area contributed by atoms with Crippen LogP contribution < -0.4 is 0 Å². The number of aromatic nitrogens is 1. The van der Waals surface area contributed by atoms with Gasteiger partial charge < -0.3 is 0 Å². The van der Waals surface area contributed by atoms with Crippen LogP contribution in [0.4, 0.5) is 0 Å². The minimum absolute atomic E-state index is 0. The topological polar surface area (TPSA) is 12.9 Å². The Bertz CT molecular complexity index is 533. The highest BCUT2D eigenvalue weighted by Crippen LogP contribution is 2.18. The summed E-state index contributed by atoms with van der Waals surface area (Å²) in [5.41, 5.74) is 1.28. The normalized spacial score (nSPS) is 10.7. The molecule has 23 heavy (non-hydrogen) atoms. The van der Waals surface area contributed by atoms with Crippen LogP contribution in [0.3, 0.4) is 0 Å². The number of aryl methyl sites for hydroxylation is 1. The number of nitrogens with zero attached hydrogens (tertiary/aromatic N) is 1. The number of fused-ring (bicyclic) bond motifs is 1. The van der Waals surface area contributed by atoms with Crippen LogP contribution in [0.15, 0.2) is 36.5 Å². The fraction of sp³-hybridized carbons (Fsp3) is 0.571. The zero-order valence-electron chi connectivity index (χ0n) is 14.6. The predicted octanol–water partition coefficient (Wildman–Crippen LogP) is 7.12. The molecule has 1 nitrogen and oxygen atoms in total. The maximum atomic E-state index is 4.58. The average molecular weight is 334 g/mol. The Hall–Kier alpha value is -1.08. The van der Waals surface area contributed by atoms with Gasteiger partial charge in [-0.1, -0.05) is 89.0 Å². The maximum absolute atomic E-state index is 4.58. The molecular weight excluding hydrogens is 302 g/mol. The Kier molecular flexibility index (Phi) is 10.7. The Morgan fingerprint density at radius 1 is 0.739 bits per heavy atom. The molecule has 0 unspecified atom stereocenters. The van der Waals surface area contributed by atoms with Crippen molar-refractivity contribution < 1.29 is 0 Å². The molecule has 1 heterocycles. The molecule has 1 aromatic heterocycles. The van der Waals surface area contributed by atoms with E-state index in [1.165, 1.54) is 80.7 Å². The quantitative estimate of drug-likeness (QED) is 0.399. The zero-order valence-corrected chi connectivity index (χ0v) is 15.4. The van der Waals surface area contributed by atoms with Gasteiger partial charge in [0.15, 0.2) is 0 Å². The van der Waals surface area contributed by atoms with Crippen LogP contribution in [-0.2, 0) is 6.42 Å². The molecule has 1 aromatic carbocycles. The molecule has 0 aliphatic rings. The second-order valence-corrected chi connectivity index (χ2v) is 6.41. The highest BCUT2D eigenvalue weighted by atomic mass is 35.5. The summed E-state index contributed by atoms with van der Waals surface area (Å²) in [4.78, 5) is 4.58. The van der Waals surface area contributed by atoms with Crippen molar-refractivity contribution in [2.45, 2.75) is 77.6 Å². The molecule has 0 saturated carbocycles. The van der Waals surface area contributed by atoms with Crippen molar-refractivity contribution in [2.75, 3.05) is 0 Å². The second kappa shape index (κ2) is 12.4. The predicted molar refractivity (Wildman–Crippen MR) is 105 cm³/mol. The fourth-order valence-corrected chi connectivity index (χ4v) is 3.16. The van der Waals surface area contributed by atoms with Crippen molar-refractivity contribution in [3.63, 3.8) is 0 Å². The van der Waals surface area contributed by atoms with Gasteiger partial charge >= 0.3 is 0 Å². The van der Waals surface area contributed by atoms with E-state index in [1.807, 2.05) is 6.20 Å². The lowest BCUT2D eigenvalue weighted by Gasteiger charge is -2.05. The van der Waals surface area contributed by atoms with Crippen molar-refractivity contribution in [1.82, 2.24) is 4.98 Å². The lowest BCUT2D eigenvalue weighted by Crippen LogP contribution is -1.92. The van der Waals surface area contributed by atoms with E-state index in [2.05, 4.69) is 42.2 Å². The minimum atomic E-state index is 0.